The molecule has 2 aromatic heterocycles. The molecule has 0 bridgehead atoms. The summed E-state index contributed by atoms with van der Waals surface area (Å²) in [6.45, 7) is 0.520. The Morgan fingerprint density at radius 1 is 0.963 bits per heavy atom. The predicted molar refractivity (Wildman–Crippen MR) is 98.2 cm³/mol. The van der Waals surface area contributed by atoms with Gasteiger partial charge in [0.15, 0.2) is 0 Å². The van der Waals surface area contributed by atoms with Crippen LogP contribution in [0.25, 0.3) is 22.0 Å². The highest BCUT2D eigenvalue weighted by molar-refractivity contribution is 5.96. The molecule has 0 unspecified atom stereocenters. The van der Waals surface area contributed by atoms with Gasteiger partial charge >= 0.3 is 6.18 Å². The van der Waals surface area contributed by atoms with Crippen molar-refractivity contribution < 1.29 is 17.6 Å². The molecule has 0 radical (unpaired) electrons. The van der Waals surface area contributed by atoms with Crippen LogP contribution in [0.2, 0.25) is 0 Å². The molecule has 2 aromatic carbocycles. The fourth-order valence-electron chi connectivity index (χ4n) is 3.06. The van der Waals surface area contributed by atoms with Gasteiger partial charge in [-0.2, -0.15) is 13.2 Å². The number of benzene rings is 2. The molecule has 0 atom stereocenters. The van der Waals surface area contributed by atoms with Gasteiger partial charge in [0.05, 0.1) is 23.9 Å². The van der Waals surface area contributed by atoms with Crippen LogP contribution in [0.1, 0.15) is 11.3 Å². The molecule has 0 aliphatic rings. The predicted octanol–water partition coefficient (Wildman–Crippen LogP) is 6.13. The maximum Gasteiger partial charge on any atom is 0.418 e. The van der Waals surface area contributed by atoms with E-state index in [9.17, 15) is 13.2 Å². The van der Waals surface area contributed by atoms with Gasteiger partial charge < -0.3 is 9.73 Å². The maximum atomic E-state index is 13.3. The smallest absolute Gasteiger partial charge is 0.418 e. The highest BCUT2D eigenvalue weighted by Gasteiger charge is 2.33. The molecule has 0 fully saturated rings. The van der Waals surface area contributed by atoms with Gasteiger partial charge in [-0.15, -0.1) is 0 Å². The first-order valence-electron chi connectivity index (χ1n) is 8.34. The molecule has 2 heterocycles. The van der Waals surface area contributed by atoms with Crippen molar-refractivity contribution in [1.29, 1.82) is 0 Å². The van der Waals surface area contributed by atoms with E-state index in [0.717, 1.165) is 23.1 Å². The van der Waals surface area contributed by atoms with E-state index in [0.29, 0.717) is 17.5 Å². The maximum absolute atomic E-state index is 13.3. The normalized spacial score (nSPS) is 11.7. The molecule has 3 nitrogen and oxygen atoms in total. The Balaban J connectivity index is 1.73. The molecule has 0 saturated carbocycles. The number of nitrogens with one attached hydrogen (secondary N) is 1. The zero-order chi connectivity index (χ0) is 18.9. The number of alkyl halides is 3. The van der Waals surface area contributed by atoms with Gasteiger partial charge in [0.25, 0.3) is 0 Å². The minimum atomic E-state index is -4.45. The van der Waals surface area contributed by atoms with E-state index in [4.69, 9.17) is 4.42 Å². The van der Waals surface area contributed by atoms with Crippen LogP contribution < -0.4 is 5.32 Å². The van der Waals surface area contributed by atoms with E-state index in [2.05, 4.69) is 10.3 Å². The van der Waals surface area contributed by atoms with E-state index in [-0.39, 0.29) is 5.52 Å². The lowest BCUT2D eigenvalue weighted by Crippen LogP contribution is -2.06. The van der Waals surface area contributed by atoms with Gasteiger partial charge in [-0.05, 0) is 47.5 Å². The number of fused-ring (bicyclic) bond motifs is 1. The van der Waals surface area contributed by atoms with Crippen molar-refractivity contribution in [2.75, 3.05) is 5.32 Å². The number of para-hydroxylation sites is 1. The summed E-state index contributed by atoms with van der Waals surface area (Å²) in [5.74, 6) is 0.796. The van der Waals surface area contributed by atoms with Crippen molar-refractivity contribution >= 4 is 16.6 Å². The van der Waals surface area contributed by atoms with Gasteiger partial charge in [0.2, 0.25) is 0 Å². The highest BCUT2D eigenvalue weighted by Crippen LogP contribution is 2.37. The number of halogens is 3. The molecule has 4 aromatic rings. The van der Waals surface area contributed by atoms with Crippen LogP contribution in [0.3, 0.4) is 0 Å². The van der Waals surface area contributed by atoms with E-state index in [1.165, 1.54) is 12.3 Å². The van der Waals surface area contributed by atoms with Crippen molar-refractivity contribution in [3.63, 3.8) is 0 Å². The summed E-state index contributed by atoms with van der Waals surface area (Å²) >= 11 is 0. The van der Waals surface area contributed by atoms with Crippen LogP contribution in [0.4, 0.5) is 18.9 Å². The van der Waals surface area contributed by atoms with Crippen LogP contribution in [0, 0.1) is 0 Å². The second-order valence-corrected chi connectivity index (χ2v) is 6.07. The molecule has 136 valence electrons. The number of hydrogen-bond donors (Lipinski definition) is 1. The summed E-state index contributed by atoms with van der Waals surface area (Å²) in [7, 11) is 0. The van der Waals surface area contributed by atoms with Crippen molar-refractivity contribution in [3.05, 3.63) is 84.4 Å². The Labute approximate surface area is 153 Å². The zero-order valence-corrected chi connectivity index (χ0v) is 14.1. The second kappa shape index (κ2) is 6.79. The van der Waals surface area contributed by atoms with Crippen molar-refractivity contribution in [3.8, 4) is 11.1 Å². The third-order valence-electron chi connectivity index (χ3n) is 4.30. The SMILES string of the molecule is FC(F)(F)c1cccc2c(-c3cccc(NCc4ccco4)c3)ccnc12. The summed E-state index contributed by atoms with van der Waals surface area (Å²) in [6, 6.07) is 17.1. The van der Waals surface area contributed by atoms with Crippen molar-refractivity contribution in [2.45, 2.75) is 12.7 Å². The molecule has 0 spiro atoms. The van der Waals surface area contributed by atoms with E-state index in [1.807, 2.05) is 36.4 Å². The zero-order valence-electron chi connectivity index (χ0n) is 14.1. The highest BCUT2D eigenvalue weighted by atomic mass is 19.4. The van der Waals surface area contributed by atoms with E-state index >= 15 is 0 Å². The Bertz CT molecular complexity index is 1070. The largest absolute Gasteiger partial charge is 0.467 e. The number of aromatic nitrogens is 1. The number of rotatable bonds is 4. The summed E-state index contributed by atoms with van der Waals surface area (Å²) in [6.07, 6.45) is -1.43. The third kappa shape index (κ3) is 3.51. The van der Waals surface area contributed by atoms with Crippen LogP contribution in [-0.2, 0) is 12.7 Å². The first kappa shape index (κ1) is 17.1. The molecule has 1 N–H and O–H groups in total. The van der Waals surface area contributed by atoms with Crippen molar-refractivity contribution in [2.24, 2.45) is 0 Å². The van der Waals surface area contributed by atoms with E-state index < -0.39 is 11.7 Å². The lowest BCUT2D eigenvalue weighted by Gasteiger charge is -2.13. The van der Waals surface area contributed by atoms with Crippen molar-refractivity contribution in [1.82, 2.24) is 4.98 Å². The minimum Gasteiger partial charge on any atom is -0.467 e. The number of furan rings is 1. The van der Waals surface area contributed by atoms with Gasteiger partial charge in [0.1, 0.15) is 5.76 Å². The molecular formula is C21H15F3N2O. The van der Waals surface area contributed by atoms with Gasteiger partial charge in [0, 0.05) is 17.3 Å². The Hall–Kier alpha value is -3.28. The van der Waals surface area contributed by atoms with Crippen LogP contribution in [0.5, 0.6) is 0 Å². The first-order chi connectivity index (χ1) is 13.0. The molecule has 4 rings (SSSR count). The molecule has 0 aliphatic carbocycles. The fraction of sp³-hybridized carbons (Fsp3) is 0.0952. The van der Waals surface area contributed by atoms with Gasteiger partial charge in [-0.1, -0.05) is 24.3 Å². The van der Waals surface area contributed by atoms with Gasteiger partial charge in [-0.25, -0.2) is 0 Å². The van der Waals surface area contributed by atoms with Crippen LogP contribution >= 0.6 is 0 Å². The Morgan fingerprint density at radius 2 is 1.81 bits per heavy atom. The topological polar surface area (TPSA) is 38.1 Å². The summed E-state index contributed by atoms with van der Waals surface area (Å²) in [5, 5.41) is 3.72. The standard InChI is InChI=1S/C21H15F3N2O/c22-21(23,24)19-8-2-7-18-17(9-10-25-20(18)19)14-4-1-5-15(12-14)26-13-16-6-3-11-27-16/h1-12,26H,13H2. The lowest BCUT2D eigenvalue weighted by molar-refractivity contribution is -0.136. The molecule has 0 saturated heterocycles. The molecule has 0 amide bonds. The first-order valence-corrected chi connectivity index (χ1v) is 8.34. The molecule has 27 heavy (non-hydrogen) atoms. The van der Waals surface area contributed by atoms with Crippen LogP contribution in [-0.4, -0.2) is 4.98 Å². The monoisotopic (exact) mass is 368 g/mol. The Kier molecular flexibility index (Phi) is 4.32. The Morgan fingerprint density at radius 3 is 2.59 bits per heavy atom. The summed E-state index contributed by atoms with van der Waals surface area (Å²) in [4.78, 5) is 3.98. The molecule has 6 heteroatoms. The number of anilines is 1. The number of hydrogen-bond acceptors (Lipinski definition) is 3. The molecular weight excluding hydrogens is 353 g/mol. The average Bonchev–Trinajstić information content (AvgIpc) is 3.18. The fourth-order valence-corrected chi connectivity index (χ4v) is 3.06. The summed E-state index contributed by atoms with van der Waals surface area (Å²) in [5.41, 5.74) is 1.59. The number of pyridine rings is 1. The second-order valence-electron chi connectivity index (χ2n) is 6.07. The minimum absolute atomic E-state index is 0.0450. The molecule has 0 aliphatic heterocycles. The van der Waals surface area contributed by atoms with Gasteiger partial charge in [-0.3, -0.25) is 4.98 Å². The quantitative estimate of drug-likeness (QED) is 0.471. The third-order valence-corrected chi connectivity index (χ3v) is 4.30. The van der Waals surface area contributed by atoms with E-state index in [1.54, 1.807) is 18.4 Å². The lowest BCUT2D eigenvalue weighted by atomic mass is 9.99. The average molecular weight is 368 g/mol. The number of nitrogens with zero attached hydrogens (tertiary/aromatic N) is 1. The van der Waals surface area contributed by atoms with Crippen LogP contribution in [0.15, 0.2) is 77.5 Å². The summed E-state index contributed by atoms with van der Waals surface area (Å²) < 4.78 is 45.2.